The molecule has 1 heterocycles. The van der Waals surface area contributed by atoms with Crippen LogP contribution in [-0.2, 0) is 6.54 Å². The summed E-state index contributed by atoms with van der Waals surface area (Å²) in [5.74, 6) is -0.902. The van der Waals surface area contributed by atoms with Crippen LogP contribution in [0.25, 0.3) is 12.2 Å². The number of carboxylic acids is 1. The maximum atomic E-state index is 10.8. The molecule has 0 radical (unpaired) electrons. The number of aromatic nitrogens is 1. The summed E-state index contributed by atoms with van der Waals surface area (Å²) >= 11 is 0. The van der Waals surface area contributed by atoms with E-state index < -0.39 is 5.97 Å². The van der Waals surface area contributed by atoms with Gasteiger partial charge >= 0.3 is 5.97 Å². The lowest BCUT2D eigenvalue weighted by molar-refractivity contribution is -0.697. The summed E-state index contributed by atoms with van der Waals surface area (Å²) in [6.45, 7) is 1.82. The molecule has 1 aromatic heterocycles. The van der Waals surface area contributed by atoms with Gasteiger partial charge in [-0.2, -0.15) is 0 Å². The van der Waals surface area contributed by atoms with E-state index in [1.54, 1.807) is 12.1 Å². The smallest absolute Gasteiger partial charge is 0.335 e. The fourth-order valence-electron chi connectivity index (χ4n) is 2.45. The van der Waals surface area contributed by atoms with Crippen molar-refractivity contribution in [1.82, 2.24) is 0 Å². The molecule has 0 atom stereocenters. The number of carbonyl (C=O) groups is 1. The number of aryl methyl sites for hydroxylation is 1. The summed E-state index contributed by atoms with van der Waals surface area (Å²) in [4.78, 5) is 10.8. The first-order chi connectivity index (χ1) is 11.7. The number of rotatable bonds is 9. The number of benzene rings is 1. The molecule has 2 rings (SSSR count). The standard InChI is InChI=1S/C20H24N2O2/c21-13-3-1-2-4-14-22-15-11-18(12-16-22)6-5-17-7-9-19(10-8-17)20(23)24/h5-12,15-16H,1-4,13-14,21H2/p+1/b6-5+. The average Bonchev–Trinajstić information content (AvgIpc) is 2.61. The summed E-state index contributed by atoms with van der Waals surface area (Å²) < 4.78 is 2.20. The van der Waals surface area contributed by atoms with Gasteiger partial charge in [0.2, 0.25) is 0 Å². The Hall–Kier alpha value is -2.46. The summed E-state index contributed by atoms with van der Waals surface area (Å²) in [6.07, 6.45) is 12.9. The van der Waals surface area contributed by atoms with E-state index in [0.29, 0.717) is 5.56 Å². The molecule has 24 heavy (non-hydrogen) atoms. The molecule has 0 amide bonds. The van der Waals surface area contributed by atoms with Crippen LogP contribution in [0.2, 0.25) is 0 Å². The van der Waals surface area contributed by atoms with E-state index in [2.05, 4.69) is 29.1 Å². The van der Waals surface area contributed by atoms with Gasteiger partial charge in [-0.25, -0.2) is 9.36 Å². The first-order valence-electron chi connectivity index (χ1n) is 8.39. The van der Waals surface area contributed by atoms with E-state index in [1.165, 1.54) is 19.3 Å². The van der Waals surface area contributed by atoms with Crippen molar-refractivity contribution >= 4 is 18.1 Å². The van der Waals surface area contributed by atoms with E-state index >= 15 is 0 Å². The first kappa shape index (κ1) is 17.9. The maximum absolute atomic E-state index is 10.8. The SMILES string of the molecule is NCCCCCC[n+]1ccc(/C=C/c2ccc(C(=O)O)cc2)cc1. The van der Waals surface area contributed by atoms with Crippen molar-refractivity contribution in [2.75, 3.05) is 6.54 Å². The normalized spacial score (nSPS) is 11.0. The monoisotopic (exact) mass is 325 g/mol. The van der Waals surface area contributed by atoms with Crippen molar-refractivity contribution in [2.24, 2.45) is 5.73 Å². The lowest BCUT2D eigenvalue weighted by Crippen LogP contribution is -2.32. The molecule has 0 fully saturated rings. The molecule has 3 N–H and O–H groups in total. The second-order valence-corrected chi connectivity index (χ2v) is 5.83. The fourth-order valence-corrected chi connectivity index (χ4v) is 2.45. The van der Waals surface area contributed by atoms with Crippen molar-refractivity contribution in [1.29, 1.82) is 0 Å². The van der Waals surface area contributed by atoms with Crippen LogP contribution < -0.4 is 10.3 Å². The van der Waals surface area contributed by atoms with Crippen molar-refractivity contribution < 1.29 is 14.5 Å². The molecular weight excluding hydrogens is 300 g/mol. The van der Waals surface area contributed by atoms with Crippen LogP contribution in [0.4, 0.5) is 0 Å². The van der Waals surface area contributed by atoms with Crippen molar-refractivity contribution in [3.8, 4) is 0 Å². The van der Waals surface area contributed by atoms with Gasteiger partial charge in [0, 0.05) is 18.6 Å². The van der Waals surface area contributed by atoms with E-state index in [4.69, 9.17) is 10.8 Å². The summed E-state index contributed by atoms with van der Waals surface area (Å²) in [5, 5.41) is 8.89. The van der Waals surface area contributed by atoms with E-state index in [0.717, 1.165) is 30.6 Å². The largest absolute Gasteiger partial charge is 0.478 e. The minimum Gasteiger partial charge on any atom is -0.478 e. The van der Waals surface area contributed by atoms with Crippen LogP contribution in [0.15, 0.2) is 48.8 Å². The highest BCUT2D eigenvalue weighted by Gasteiger charge is 2.01. The molecule has 0 unspecified atom stereocenters. The number of nitrogens with two attached hydrogens (primary N) is 1. The van der Waals surface area contributed by atoms with Gasteiger partial charge < -0.3 is 10.8 Å². The molecule has 0 aliphatic rings. The molecule has 4 nitrogen and oxygen atoms in total. The first-order valence-corrected chi connectivity index (χ1v) is 8.39. The van der Waals surface area contributed by atoms with Crippen molar-refractivity contribution in [3.05, 3.63) is 65.5 Å². The van der Waals surface area contributed by atoms with Gasteiger partial charge in [0.05, 0.1) is 5.56 Å². The molecular formula is C20H25N2O2+. The average molecular weight is 325 g/mol. The number of nitrogens with zero attached hydrogens (tertiary/aromatic N) is 1. The Bertz CT molecular complexity index is 661. The second kappa shape index (κ2) is 9.63. The predicted molar refractivity (Wildman–Crippen MR) is 96.5 cm³/mol. The number of carboxylic acid groups (broad SMARTS) is 1. The molecule has 2 aromatic rings. The third kappa shape index (κ3) is 5.97. The number of hydrogen-bond acceptors (Lipinski definition) is 2. The lowest BCUT2D eigenvalue weighted by Gasteiger charge is -1.99. The highest BCUT2D eigenvalue weighted by Crippen LogP contribution is 2.09. The molecule has 0 saturated heterocycles. The molecule has 0 aliphatic heterocycles. The van der Waals surface area contributed by atoms with Gasteiger partial charge in [-0.3, -0.25) is 0 Å². The van der Waals surface area contributed by atoms with Gasteiger partial charge in [0.1, 0.15) is 6.54 Å². The predicted octanol–water partition coefficient (Wildman–Crippen LogP) is 3.36. The van der Waals surface area contributed by atoms with Crippen LogP contribution in [0.3, 0.4) is 0 Å². The fraction of sp³-hybridized carbons (Fsp3) is 0.300. The minimum atomic E-state index is -0.902. The Kier molecular flexibility index (Phi) is 7.18. The maximum Gasteiger partial charge on any atom is 0.335 e. The molecule has 0 saturated carbocycles. The Morgan fingerprint density at radius 3 is 2.08 bits per heavy atom. The van der Waals surface area contributed by atoms with Gasteiger partial charge in [0.15, 0.2) is 12.4 Å². The quantitative estimate of drug-likeness (QED) is 0.549. The topological polar surface area (TPSA) is 67.2 Å². The Labute approximate surface area is 143 Å². The highest BCUT2D eigenvalue weighted by molar-refractivity contribution is 5.88. The summed E-state index contributed by atoms with van der Waals surface area (Å²) in [7, 11) is 0. The number of unbranched alkanes of at least 4 members (excludes halogenated alkanes) is 3. The Morgan fingerprint density at radius 1 is 0.917 bits per heavy atom. The third-order valence-corrected chi connectivity index (χ3v) is 3.91. The molecule has 1 aromatic carbocycles. The van der Waals surface area contributed by atoms with Crippen molar-refractivity contribution in [2.45, 2.75) is 32.2 Å². The minimum absolute atomic E-state index is 0.305. The van der Waals surface area contributed by atoms with Crippen LogP contribution >= 0.6 is 0 Å². The van der Waals surface area contributed by atoms with Gasteiger partial charge in [0.25, 0.3) is 0 Å². The van der Waals surface area contributed by atoms with Crippen LogP contribution in [0.1, 0.15) is 47.2 Å². The highest BCUT2D eigenvalue weighted by atomic mass is 16.4. The Balaban J connectivity index is 1.85. The van der Waals surface area contributed by atoms with Crippen LogP contribution in [0.5, 0.6) is 0 Å². The molecule has 0 spiro atoms. The van der Waals surface area contributed by atoms with E-state index in [1.807, 2.05) is 24.3 Å². The van der Waals surface area contributed by atoms with E-state index in [9.17, 15) is 4.79 Å². The summed E-state index contributed by atoms with van der Waals surface area (Å²) in [6, 6.07) is 11.0. The molecule has 126 valence electrons. The van der Waals surface area contributed by atoms with Crippen molar-refractivity contribution in [3.63, 3.8) is 0 Å². The molecule has 0 bridgehead atoms. The lowest BCUT2D eigenvalue weighted by atomic mass is 10.1. The third-order valence-electron chi connectivity index (χ3n) is 3.91. The van der Waals surface area contributed by atoms with Gasteiger partial charge in [-0.1, -0.05) is 30.7 Å². The van der Waals surface area contributed by atoms with Gasteiger partial charge in [-0.05, 0) is 42.6 Å². The van der Waals surface area contributed by atoms with Crippen LogP contribution in [0, 0.1) is 0 Å². The second-order valence-electron chi connectivity index (χ2n) is 5.83. The number of aromatic carboxylic acids is 1. The van der Waals surface area contributed by atoms with Crippen LogP contribution in [-0.4, -0.2) is 17.6 Å². The Morgan fingerprint density at radius 2 is 1.50 bits per heavy atom. The number of hydrogen-bond donors (Lipinski definition) is 2. The zero-order valence-corrected chi connectivity index (χ0v) is 13.9. The molecule has 4 heteroatoms. The number of pyridine rings is 1. The molecule has 0 aliphatic carbocycles. The zero-order valence-electron chi connectivity index (χ0n) is 13.9. The summed E-state index contributed by atoms with van der Waals surface area (Å²) in [5.41, 5.74) is 7.90. The van der Waals surface area contributed by atoms with E-state index in [-0.39, 0.29) is 0 Å². The van der Waals surface area contributed by atoms with Gasteiger partial charge in [-0.15, -0.1) is 0 Å². The zero-order chi connectivity index (χ0) is 17.2.